The molecule has 3 aromatic carbocycles. The average molecular weight is 499 g/mol. The summed E-state index contributed by atoms with van der Waals surface area (Å²) in [5, 5.41) is 8.07. The minimum Gasteiger partial charge on any atom is -0.334 e. The first-order valence-corrected chi connectivity index (χ1v) is 12.2. The van der Waals surface area contributed by atoms with Crippen LogP contribution in [0.4, 0.5) is 10.5 Å². The van der Waals surface area contributed by atoms with Gasteiger partial charge in [-0.3, -0.25) is 4.90 Å². The van der Waals surface area contributed by atoms with E-state index in [0.717, 1.165) is 33.4 Å². The van der Waals surface area contributed by atoms with Gasteiger partial charge < -0.3 is 9.84 Å². The van der Waals surface area contributed by atoms with Gasteiger partial charge in [-0.1, -0.05) is 64.8 Å². The monoisotopic (exact) mass is 498 g/mol. The quantitative estimate of drug-likeness (QED) is 0.320. The lowest BCUT2D eigenvalue weighted by Gasteiger charge is -2.35. The summed E-state index contributed by atoms with van der Waals surface area (Å²) in [6.07, 6.45) is 0. The van der Waals surface area contributed by atoms with Crippen molar-refractivity contribution in [3.05, 3.63) is 105 Å². The first-order chi connectivity index (χ1) is 17.2. The molecule has 0 fully saturated rings. The van der Waals surface area contributed by atoms with Crippen molar-refractivity contribution in [3.8, 4) is 11.4 Å². The number of allylic oxidation sites excluding steroid dienone is 1. The van der Waals surface area contributed by atoms with E-state index in [0.29, 0.717) is 28.1 Å². The zero-order chi connectivity index (χ0) is 25.6. The van der Waals surface area contributed by atoms with Crippen LogP contribution in [0.25, 0.3) is 17.0 Å². The van der Waals surface area contributed by atoms with Crippen molar-refractivity contribution < 1.29 is 9.32 Å². The zero-order valence-electron chi connectivity index (χ0n) is 20.9. The van der Waals surface area contributed by atoms with Gasteiger partial charge in [0.05, 0.1) is 17.3 Å². The Morgan fingerprint density at radius 2 is 1.64 bits per heavy atom. The number of halogens is 1. The molecule has 36 heavy (non-hydrogen) atoms. The summed E-state index contributed by atoms with van der Waals surface area (Å²) in [4.78, 5) is 19.8. The third-order valence-corrected chi connectivity index (χ3v) is 7.14. The van der Waals surface area contributed by atoms with Gasteiger partial charge in [0, 0.05) is 16.3 Å². The third-order valence-electron chi connectivity index (χ3n) is 6.72. The van der Waals surface area contributed by atoms with Crippen LogP contribution in [-0.2, 0) is 0 Å². The molecule has 1 aromatic heterocycles. The summed E-state index contributed by atoms with van der Waals surface area (Å²) >= 11 is 6.25. The number of aromatic nitrogens is 2. The molecule has 1 unspecified atom stereocenters. The van der Waals surface area contributed by atoms with E-state index < -0.39 is 6.04 Å². The number of rotatable bonds is 4. The van der Waals surface area contributed by atoms with Crippen molar-refractivity contribution in [1.82, 2.24) is 15.5 Å². The average Bonchev–Trinajstić information content (AvgIpc) is 3.33. The Hall–Kier alpha value is -3.90. The highest BCUT2D eigenvalue weighted by Crippen LogP contribution is 2.40. The Bertz CT molecular complexity index is 1500. The van der Waals surface area contributed by atoms with Crippen LogP contribution in [0.2, 0.25) is 5.02 Å². The lowest BCUT2D eigenvalue weighted by atomic mass is 9.92. The van der Waals surface area contributed by atoms with Crippen LogP contribution in [0.1, 0.15) is 46.7 Å². The highest BCUT2D eigenvalue weighted by atomic mass is 35.5. The molecule has 0 aliphatic carbocycles. The van der Waals surface area contributed by atoms with E-state index in [1.807, 2.05) is 63.2 Å². The second kappa shape index (κ2) is 9.28. The van der Waals surface area contributed by atoms with E-state index in [-0.39, 0.29) is 6.03 Å². The molecular weight excluding hydrogens is 472 g/mol. The van der Waals surface area contributed by atoms with Crippen LogP contribution >= 0.6 is 11.6 Å². The van der Waals surface area contributed by atoms with E-state index in [1.165, 1.54) is 5.56 Å². The van der Waals surface area contributed by atoms with Crippen molar-refractivity contribution in [2.24, 2.45) is 0 Å². The largest absolute Gasteiger partial charge is 0.334 e. The predicted octanol–water partition coefficient (Wildman–Crippen LogP) is 7.33. The van der Waals surface area contributed by atoms with Crippen molar-refractivity contribution in [2.45, 2.75) is 40.7 Å². The summed E-state index contributed by atoms with van der Waals surface area (Å²) in [7, 11) is 0. The number of carbonyl (C=O) groups is 1. The lowest BCUT2D eigenvalue weighted by molar-refractivity contribution is 0.244. The third kappa shape index (κ3) is 4.29. The minimum atomic E-state index is -0.451. The molecule has 1 aliphatic heterocycles. The second-order valence-electron chi connectivity index (χ2n) is 9.28. The topological polar surface area (TPSA) is 71.3 Å². The molecule has 1 atom stereocenters. The number of amides is 2. The molecule has 6 nitrogen and oxygen atoms in total. The highest BCUT2D eigenvalue weighted by Gasteiger charge is 2.36. The molecule has 2 heterocycles. The number of aryl methyl sites for hydroxylation is 4. The molecule has 1 N–H and O–H groups in total. The summed E-state index contributed by atoms with van der Waals surface area (Å²) in [6, 6.07) is 19.0. The Balaban J connectivity index is 1.67. The van der Waals surface area contributed by atoms with Crippen molar-refractivity contribution >= 4 is 28.9 Å². The van der Waals surface area contributed by atoms with Crippen LogP contribution in [0, 0.1) is 27.7 Å². The Kier molecular flexibility index (Phi) is 6.14. The van der Waals surface area contributed by atoms with Crippen LogP contribution in [0.15, 0.2) is 70.9 Å². The molecule has 5 rings (SSSR count). The lowest BCUT2D eigenvalue weighted by Crippen LogP contribution is -2.46. The zero-order valence-corrected chi connectivity index (χ0v) is 21.6. The maximum absolute atomic E-state index is 13.5. The van der Waals surface area contributed by atoms with Gasteiger partial charge in [0.1, 0.15) is 0 Å². The van der Waals surface area contributed by atoms with Crippen LogP contribution < -0.4 is 10.2 Å². The Morgan fingerprint density at radius 3 is 2.33 bits per heavy atom. The Morgan fingerprint density at radius 1 is 0.889 bits per heavy atom. The molecule has 1 aliphatic rings. The predicted molar refractivity (Wildman–Crippen MR) is 143 cm³/mol. The van der Waals surface area contributed by atoms with E-state index in [2.05, 4.69) is 36.5 Å². The molecule has 0 radical (unpaired) electrons. The number of nitrogens with zero attached hydrogens (tertiary/aromatic N) is 3. The highest BCUT2D eigenvalue weighted by molar-refractivity contribution is 6.31. The summed E-state index contributed by atoms with van der Waals surface area (Å²) < 4.78 is 5.81. The van der Waals surface area contributed by atoms with E-state index in [9.17, 15) is 4.79 Å². The van der Waals surface area contributed by atoms with Gasteiger partial charge in [0.2, 0.25) is 5.82 Å². The normalized spacial score (nSPS) is 15.9. The summed E-state index contributed by atoms with van der Waals surface area (Å²) in [6.45, 7) is 9.98. The molecule has 182 valence electrons. The molecule has 0 saturated carbocycles. The number of carbonyl (C=O) groups excluding carboxylic acids is 1. The van der Waals surface area contributed by atoms with Gasteiger partial charge in [-0.05, 0) is 75.1 Å². The maximum atomic E-state index is 13.5. The molecule has 4 aromatic rings. The molecular formula is C29H27ClN4O2. The van der Waals surface area contributed by atoms with Crippen LogP contribution in [0.3, 0.4) is 0 Å². The van der Waals surface area contributed by atoms with Gasteiger partial charge in [0.25, 0.3) is 5.89 Å². The summed E-state index contributed by atoms with van der Waals surface area (Å²) in [5.41, 5.74) is 8.33. The summed E-state index contributed by atoms with van der Waals surface area (Å²) in [5.74, 6) is 0.858. The number of nitrogens with one attached hydrogen (secondary N) is 1. The Labute approximate surface area is 215 Å². The number of hydrogen-bond donors (Lipinski definition) is 1. The van der Waals surface area contributed by atoms with Gasteiger partial charge in [-0.25, -0.2) is 4.79 Å². The smallest absolute Gasteiger partial charge is 0.326 e. The molecule has 7 heteroatoms. The van der Waals surface area contributed by atoms with Gasteiger partial charge >= 0.3 is 6.03 Å². The SMILES string of the molecule is CC1=C(c2nc(-c3ccc(C)cc3)no2)C(c2ccc(C)c(C)c2)NC(=O)N1c1ccc(Cl)c(C)c1. The van der Waals surface area contributed by atoms with Gasteiger partial charge in [-0.2, -0.15) is 4.98 Å². The fraction of sp³-hybridized carbons (Fsp3) is 0.207. The van der Waals surface area contributed by atoms with Crippen molar-refractivity contribution in [1.29, 1.82) is 0 Å². The first-order valence-electron chi connectivity index (χ1n) is 11.8. The van der Waals surface area contributed by atoms with Crippen molar-refractivity contribution in [2.75, 3.05) is 4.90 Å². The minimum absolute atomic E-state index is 0.237. The van der Waals surface area contributed by atoms with Gasteiger partial charge in [-0.15, -0.1) is 0 Å². The fourth-order valence-corrected chi connectivity index (χ4v) is 4.56. The molecule has 0 bridgehead atoms. The molecule has 2 amide bonds. The molecule has 0 saturated heterocycles. The number of hydrogen-bond acceptors (Lipinski definition) is 4. The van der Waals surface area contributed by atoms with E-state index in [1.54, 1.807) is 11.0 Å². The van der Waals surface area contributed by atoms with Crippen LogP contribution in [0.5, 0.6) is 0 Å². The maximum Gasteiger partial charge on any atom is 0.326 e. The van der Waals surface area contributed by atoms with E-state index >= 15 is 0 Å². The number of anilines is 1. The number of benzene rings is 3. The van der Waals surface area contributed by atoms with E-state index in [4.69, 9.17) is 21.1 Å². The fourth-order valence-electron chi connectivity index (χ4n) is 4.45. The van der Waals surface area contributed by atoms with Crippen molar-refractivity contribution in [3.63, 3.8) is 0 Å². The standard InChI is InChI=1S/C29H27ClN4O2/c1-16-6-9-21(10-7-16)27-32-28(36-33-27)25-20(5)34(23-12-13-24(30)19(4)15-23)29(35)31-26(25)22-11-8-17(2)18(3)14-22/h6-15,26H,1-5H3,(H,31,35). The van der Waals surface area contributed by atoms with Crippen LogP contribution in [-0.4, -0.2) is 16.2 Å². The first kappa shape index (κ1) is 23.8. The van der Waals surface area contributed by atoms with Gasteiger partial charge in [0.15, 0.2) is 0 Å². The molecule has 0 spiro atoms. The second-order valence-corrected chi connectivity index (χ2v) is 9.69. The number of urea groups is 1.